The van der Waals surface area contributed by atoms with Crippen molar-refractivity contribution in [1.82, 2.24) is 4.90 Å². The van der Waals surface area contributed by atoms with Crippen molar-refractivity contribution in [3.05, 3.63) is 56.0 Å². The zero-order valence-corrected chi connectivity index (χ0v) is 21.1. The summed E-state index contributed by atoms with van der Waals surface area (Å²) in [4.78, 5) is 30.9. The van der Waals surface area contributed by atoms with E-state index in [4.69, 9.17) is 19.6 Å². The number of aliphatic carboxylic acids is 1. The number of carboxylic acid groups (broad SMARTS) is 1. The number of aliphatic imine (C=N–C) groups is 1. The monoisotopic (exact) mass is 566 g/mol. The van der Waals surface area contributed by atoms with Crippen molar-refractivity contribution in [3.8, 4) is 11.5 Å². The van der Waals surface area contributed by atoms with E-state index in [1.165, 1.54) is 18.9 Å². The van der Waals surface area contributed by atoms with Gasteiger partial charge in [-0.25, -0.2) is 9.79 Å². The largest absolute Gasteiger partial charge is 0.493 e. The number of carboxylic acids is 1. The Morgan fingerprint density at radius 1 is 1.28 bits per heavy atom. The number of hydrogen-bond donors (Lipinski definition) is 1. The average Bonchev–Trinajstić information content (AvgIpc) is 3.03. The zero-order valence-electron chi connectivity index (χ0n) is 18.1. The number of halogens is 1. The Morgan fingerprint density at radius 3 is 2.56 bits per heavy atom. The maximum absolute atomic E-state index is 13.1. The van der Waals surface area contributed by atoms with Crippen LogP contribution in [0.3, 0.4) is 0 Å². The lowest BCUT2D eigenvalue weighted by Crippen LogP contribution is -2.35. The number of ether oxygens (including phenoxy) is 2. The molecule has 1 N–H and O–H groups in total. The molecular weight excluding hydrogens is 543 g/mol. The number of amides is 1. The Hall–Kier alpha value is -2.53. The third-order valence-corrected chi connectivity index (χ3v) is 6.29. The Bertz CT molecular complexity index is 1100. The number of aryl methyl sites for hydroxylation is 1. The third-order valence-electron chi connectivity index (χ3n) is 4.50. The maximum atomic E-state index is 13.1. The quantitative estimate of drug-likeness (QED) is 0.372. The van der Waals surface area contributed by atoms with Crippen molar-refractivity contribution in [2.75, 3.05) is 13.7 Å². The molecule has 0 bridgehead atoms. The van der Waals surface area contributed by atoms with Crippen LogP contribution in [0.2, 0.25) is 0 Å². The second-order valence-electron chi connectivity index (χ2n) is 7.33. The Labute approximate surface area is 204 Å². The fraction of sp³-hybridized carbons (Fsp3) is 0.261. The van der Waals surface area contributed by atoms with Crippen LogP contribution in [0.1, 0.15) is 25.0 Å². The van der Waals surface area contributed by atoms with Crippen LogP contribution in [0.25, 0.3) is 6.08 Å². The van der Waals surface area contributed by atoms with Crippen molar-refractivity contribution >= 4 is 63.2 Å². The van der Waals surface area contributed by atoms with Gasteiger partial charge in [0.2, 0.25) is 0 Å². The van der Waals surface area contributed by atoms with Crippen LogP contribution in [0.4, 0.5) is 5.69 Å². The number of carbonyl (C=O) groups excluding carboxylic acids is 1. The minimum Gasteiger partial charge on any atom is -0.493 e. The highest BCUT2D eigenvalue weighted by molar-refractivity contribution is 14.1. The fourth-order valence-electron chi connectivity index (χ4n) is 3.00. The number of benzene rings is 2. The van der Waals surface area contributed by atoms with Gasteiger partial charge >= 0.3 is 5.97 Å². The summed E-state index contributed by atoms with van der Waals surface area (Å²) in [5, 5.41) is 9.51. The molecule has 0 aliphatic carbocycles. The lowest BCUT2D eigenvalue weighted by atomic mass is 10.1. The number of carbonyl (C=O) groups is 2. The van der Waals surface area contributed by atoms with E-state index in [9.17, 15) is 9.59 Å². The van der Waals surface area contributed by atoms with Gasteiger partial charge < -0.3 is 14.6 Å². The van der Waals surface area contributed by atoms with Gasteiger partial charge in [0.25, 0.3) is 5.91 Å². The molecule has 32 heavy (non-hydrogen) atoms. The summed E-state index contributed by atoms with van der Waals surface area (Å²) < 4.78 is 11.4. The molecule has 0 radical (unpaired) electrons. The fourth-order valence-corrected chi connectivity index (χ4v) is 4.90. The summed E-state index contributed by atoms with van der Waals surface area (Å²) in [6.07, 6.45) is 1.78. The van der Waals surface area contributed by atoms with Crippen molar-refractivity contribution in [1.29, 1.82) is 0 Å². The van der Waals surface area contributed by atoms with Crippen molar-refractivity contribution in [2.24, 2.45) is 4.99 Å². The number of hydrogen-bond acceptors (Lipinski definition) is 6. The normalized spacial score (nSPS) is 16.3. The van der Waals surface area contributed by atoms with Crippen molar-refractivity contribution in [3.63, 3.8) is 0 Å². The van der Waals surface area contributed by atoms with Gasteiger partial charge in [0, 0.05) is 6.04 Å². The van der Waals surface area contributed by atoms with E-state index in [1.54, 1.807) is 17.0 Å². The first-order chi connectivity index (χ1) is 15.2. The standard InChI is InChI=1S/C23H23IN2O5S/c1-13(2)26-22(29)19(32-23(26)25-16-7-5-14(3)6-8-16)11-15-9-17(24)21(18(10-15)30-4)31-12-20(27)28/h5-11,13H,12H2,1-4H3,(H,27,28)/b19-11+,25-23?. The molecule has 1 amide bonds. The van der Waals surface area contributed by atoms with Crippen LogP contribution < -0.4 is 9.47 Å². The number of methoxy groups -OCH3 is 1. The van der Waals surface area contributed by atoms with E-state index in [2.05, 4.69) is 22.6 Å². The van der Waals surface area contributed by atoms with Gasteiger partial charge in [-0.15, -0.1) is 0 Å². The zero-order chi connectivity index (χ0) is 23.4. The van der Waals surface area contributed by atoms with Crippen LogP contribution in [-0.2, 0) is 9.59 Å². The first-order valence-electron chi connectivity index (χ1n) is 9.80. The molecule has 0 spiro atoms. The second-order valence-corrected chi connectivity index (χ2v) is 9.50. The molecule has 2 aromatic carbocycles. The Balaban J connectivity index is 1.95. The predicted octanol–water partition coefficient (Wildman–Crippen LogP) is 5.08. The Morgan fingerprint density at radius 2 is 1.97 bits per heavy atom. The van der Waals surface area contributed by atoms with Crippen LogP contribution >= 0.6 is 34.4 Å². The predicted molar refractivity (Wildman–Crippen MR) is 135 cm³/mol. The van der Waals surface area contributed by atoms with Crippen molar-refractivity contribution < 1.29 is 24.2 Å². The second kappa shape index (κ2) is 10.4. The first-order valence-corrected chi connectivity index (χ1v) is 11.7. The molecule has 0 unspecified atom stereocenters. The summed E-state index contributed by atoms with van der Waals surface area (Å²) in [5.41, 5.74) is 2.67. The van der Waals surface area contributed by atoms with E-state index in [0.29, 0.717) is 25.1 Å². The van der Waals surface area contributed by atoms with Crippen LogP contribution in [0, 0.1) is 10.5 Å². The number of nitrogens with zero attached hydrogens (tertiary/aromatic N) is 2. The van der Waals surface area contributed by atoms with E-state index in [1.807, 2.05) is 51.1 Å². The summed E-state index contributed by atoms with van der Waals surface area (Å²) in [7, 11) is 1.48. The molecule has 9 heteroatoms. The molecule has 1 saturated heterocycles. The third kappa shape index (κ3) is 5.63. The highest BCUT2D eigenvalue weighted by atomic mass is 127. The van der Waals surface area contributed by atoms with Gasteiger partial charge in [0.05, 0.1) is 21.3 Å². The molecule has 168 valence electrons. The van der Waals surface area contributed by atoms with Gasteiger partial charge in [-0.2, -0.15) is 0 Å². The lowest BCUT2D eigenvalue weighted by molar-refractivity contribution is -0.139. The molecule has 0 aromatic heterocycles. The van der Waals surface area contributed by atoms with Gasteiger partial charge in [-0.3, -0.25) is 9.69 Å². The highest BCUT2D eigenvalue weighted by Gasteiger charge is 2.35. The average molecular weight is 566 g/mol. The maximum Gasteiger partial charge on any atom is 0.341 e. The van der Waals surface area contributed by atoms with Crippen molar-refractivity contribution in [2.45, 2.75) is 26.8 Å². The minimum atomic E-state index is -1.07. The first kappa shape index (κ1) is 24.1. The van der Waals surface area contributed by atoms with Crippen LogP contribution in [0.5, 0.6) is 11.5 Å². The van der Waals surface area contributed by atoms with Crippen LogP contribution in [-0.4, -0.2) is 46.8 Å². The van der Waals surface area contributed by atoms with E-state index in [-0.39, 0.29) is 11.9 Å². The summed E-state index contributed by atoms with van der Waals surface area (Å²) >= 11 is 3.38. The molecule has 1 aliphatic rings. The number of rotatable bonds is 7. The van der Waals surface area contributed by atoms with Gasteiger partial charge in [0.15, 0.2) is 23.3 Å². The van der Waals surface area contributed by atoms with Crippen LogP contribution in [0.15, 0.2) is 46.3 Å². The number of amidine groups is 1. The molecule has 1 aliphatic heterocycles. The lowest BCUT2D eigenvalue weighted by Gasteiger charge is -2.19. The minimum absolute atomic E-state index is 0.0495. The topological polar surface area (TPSA) is 88.4 Å². The molecule has 0 saturated carbocycles. The molecule has 7 nitrogen and oxygen atoms in total. The van der Waals surface area contributed by atoms with E-state index >= 15 is 0 Å². The number of thioether (sulfide) groups is 1. The smallest absolute Gasteiger partial charge is 0.341 e. The Kier molecular flexibility index (Phi) is 7.83. The summed E-state index contributed by atoms with van der Waals surface area (Å²) in [6.45, 7) is 5.45. The highest BCUT2D eigenvalue weighted by Crippen LogP contribution is 2.38. The molecule has 3 rings (SSSR count). The molecule has 1 heterocycles. The summed E-state index contributed by atoms with van der Waals surface area (Å²) in [6, 6.07) is 11.3. The molecular formula is C23H23IN2O5S. The van der Waals surface area contributed by atoms with E-state index < -0.39 is 12.6 Å². The molecule has 2 aromatic rings. The van der Waals surface area contributed by atoms with E-state index in [0.717, 1.165) is 16.8 Å². The van der Waals surface area contributed by atoms with Gasteiger partial charge in [-0.05, 0) is 91.0 Å². The molecule has 1 fully saturated rings. The SMILES string of the molecule is COc1cc(/C=C2/SC(=Nc3ccc(C)cc3)N(C(C)C)C2=O)cc(I)c1OCC(=O)O. The summed E-state index contributed by atoms with van der Waals surface area (Å²) in [5.74, 6) is -0.435. The molecule has 0 atom stereocenters. The van der Waals surface area contributed by atoms with Gasteiger partial charge in [0.1, 0.15) is 0 Å². The van der Waals surface area contributed by atoms with Gasteiger partial charge in [-0.1, -0.05) is 17.7 Å².